The van der Waals surface area contributed by atoms with Crippen LogP contribution in [0.2, 0.25) is 0 Å². The van der Waals surface area contributed by atoms with Crippen LogP contribution in [0.25, 0.3) is 0 Å². The first-order valence-corrected chi connectivity index (χ1v) is 12.6. The van der Waals surface area contributed by atoms with Crippen LogP contribution in [-0.2, 0) is 15.7 Å². The average molecular weight is 503 g/mol. The number of carbonyl (C=O) groups excluding carboxylic acids is 1. The number of anilines is 1. The van der Waals surface area contributed by atoms with Crippen molar-refractivity contribution in [3.63, 3.8) is 0 Å². The molecule has 0 aromatic heterocycles. The fourth-order valence-electron chi connectivity index (χ4n) is 5.13. The molecule has 0 radical (unpaired) electrons. The summed E-state index contributed by atoms with van der Waals surface area (Å²) in [5.41, 5.74) is 1.42. The molecule has 36 heavy (non-hydrogen) atoms. The molecule has 4 atom stereocenters. The van der Waals surface area contributed by atoms with Crippen LogP contribution in [-0.4, -0.2) is 31.0 Å². The lowest BCUT2D eigenvalue weighted by molar-refractivity contribution is -0.156. The maximum absolute atomic E-state index is 13.6. The van der Waals surface area contributed by atoms with Gasteiger partial charge < -0.3 is 9.64 Å². The SMILES string of the molecule is C/N=C(\c1ccc(C(F)(F)F)cc1)N(c1ccccc1C)[C@H](C)C(=O)O[C@@H]1C[C@H](C)CC[C@H]1C(C)C. The zero-order valence-corrected chi connectivity index (χ0v) is 22.0. The number of halogens is 3. The van der Waals surface area contributed by atoms with Gasteiger partial charge in [-0.05, 0) is 68.2 Å². The van der Waals surface area contributed by atoms with Crippen LogP contribution in [0, 0.1) is 24.7 Å². The number of benzene rings is 2. The lowest BCUT2D eigenvalue weighted by Crippen LogP contribution is -2.47. The van der Waals surface area contributed by atoms with Crippen molar-refractivity contribution in [2.45, 2.75) is 72.2 Å². The fourth-order valence-corrected chi connectivity index (χ4v) is 5.13. The van der Waals surface area contributed by atoms with Crippen LogP contribution in [0.5, 0.6) is 0 Å². The van der Waals surface area contributed by atoms with Crippen molar-refractivity contribution < 1.29 is 22.7 Å². The van der Waals surface area contributed by atoms with E-state index in [1.807, 2.05) is 31.2 Å². The van der Waals surface area contributed by atoms with Crippen LogP contribution < -0.4 is 4.90 Å². The predicted molar refractivity (Wildman–Crippen MR) is 138 cm³/mol. The van der Waals surface area contributed by atoms with E-state index in [0.717, 1.165) is 42.6 Å². The minimum absolute atomic E-state index is 0.157. The van der Waals surface area contributed by atoms with E-state index in [2.05, 4.69) is 25.8 Å². The van der Waals surface area contributed by atoms with Crippen molar-refractivity contribution in [2.75, 3.05) is 11.9 Å². The number of para-hydroxylation sites is 1. The van der Waals surface area contributed by atoms with Gasteiger partial charge in [-0.15, -0.1) is 0 Å². The van der Waals surface area contributed by atoms with Gasteiger partial charge in [0.1, 0.15) is 18.0 Å². The van der Waals surface area contributed by atoms with Gasteiger partial charge in [-0.1, -0.05) is 57.5 Å². The molecule has 7 heteroatoms. The number of carbonyl (C=O) groups is 1. The van der Waals surface area contributed by atoms with Gasteiger partial charge in [-0.25, -0.2) is 4.79 Å². The molecule has 2 aromatic carbocycles. The zero-order chi connectivity index (χ0) is 26.6. The zero-order valence-electron chi connectivity index (χ0n) is 22.0. The summed E-state index contributed by atoms with van der Waals surface area (Å²) in [6, 6.07) is 11.7. The molecule has 0 bridgehead atoms. The molecule has 0 spiro atoms. The van der Waals surface area contributed by atoms with Crippen molar-refractivity contribution >= 4 is 17.5 Å². The Balaban J connectivity index is 1.97. The third-order valence-corrected chi connectivity index (χ3v) is 7.24. The molecule has 2 aromatic rings. The maximum Gasteiger partial charge on any atom is 0.416 e. The van der Waals surface area contributed by atoms with E-state index in [1.165, 1.54) is 12.1 Å². The van der Waals surface area contributed by atoms with Crippen LogP contribution in [0.3, 0.4) is 0 Å². The first kappa shape index (κ1) is 27.8. The van der Waals surface area contributed by atoms with E-state index in [0.29, 0.717) is 29.2 Å². The lowest BCUT2D eigenvalue weighted by atomic mass is 9.75. The monoisotopic (exact) mass is 502 g/mol. The second kappa shape index (κ2) is 11.5. The normalized spacial score (nSPS) is 21.8. The van der Waals surface area contributed by atoms with E-state index in [1.54, 1.807) is 18.9 Å². The number of esters is 1. The molecule has 1 saturated carbocycles. The van der Waals surface area contributed by atoms with Crippen molar-refractivity contribution in [1.82, 2.24) is 0 Å². The molecule has 0 unspecified atom stereocenters. The first-order chi connectivity index (χ1) is 16.9. The molecular formula is C29H37F3N2O2. The largest absolute Gasteiger partial charge is 0.461 e. The fraction of sp³-hybridized carbons (Fsp3) is 0.517. The van der Waals surface area contributed by atoms with Crippen molar-refractivity contribution in [3.05, 3.63) is 65.2 Å². The molecule has 196 valence electrons. The molecule has 4 nitrogen and oxygen atoms in total. The average Bonchev–Trinajstić information content (AvgIpc) is 2.82. The summed E-state index contributed by atoms with van der Waals surface area (Å²) in [6.07, 6.45) is -1.60. The van der Waals surface area contributed by atoms with Gasteiger partial charge >= 0.3 is 12.1 Å². The number of ether oxygens (including phenoxy) is 1. The Bertz CT molecular complexity index is 1060. The van der Waals surface area contributed by atoms with Gasteiger partial charge in [0.25, 0.3) is 0 Å². The molecular weight excluding hydrogens is 465 g/mol. The van der Waals surface area contributed by atoms with Gasteiger partial charge in [0, 0.05) is 18.3 Å². The number of rotatable bonds is 6. The highest BCUT2D eigenvalue weighted by Crippen LogP contribution is 2.36. The molecule has 0 aliphatic heterocycles. The van der Waals surface area contributed by atoms with Crippen molar-refractivity contribution in [1.29, 1.82) is 0 Å². The highest BCUT2D eigenvalue weighted by Gasteiger charge is 2.37. The summed E-state index contributed by atoms with van der Waals surface area (Å²) in [6.45, 7) is 10.2. The summed E-state index contributed by atoms with van der Waals surface area (Å²) < 4.78 is 45.6. The van der Waals surface area contributed by atoms with Crippen LogP contribution in [0.15, 0.2) is 53.5 Å². The van der Waals surface area contributed by atoms with E-state index >= 15 is 0 Å². The number of aryl methyl sites for hydroxylation is 1. The number of nitrogens with zero attached hydrogens (tertiary/aromatic N) is 2. The van der Waals surface area contributed by atoms with Crippen molar-refractivity contribution in [2.24, 2.45) is 22.7 Å². The molecule has 1 fully saturated rings. The predicted octanol–water partition coefficient (Wildman–Crippen LogP) is 7.29. The Morgan fingerprint density at radius 3 is 2.25 bits per heavy atom. The second-order valence-electron chi connectivity index (χ2n) is 10.3. The smallest absolute Gasteiger partial charge is 0.416 e. The molecule has 0 heterocycles. The summed E-state index contributed by atoms with van der Waals surface area (Å²) in [7, 11) is 1.58. The maximum atomic E-state index is 13.6. The second-order valence-corrected chi connectivity index (χ2v) is 10.3. The molecule has 1 aliphatic carbocycles. The van der Waals surface area contributed by atoms with Crippen molar-refractivity contribution in [3.8, 4) is 0 Å². The van der Waals surface area contributed by atoms with E-state index < -0.39 is 17.8 Å². The Hall–Kier alpha value is -2.83. The standard InChI is InChI=1S/C29H37F3N2O2/c1-18(2)24-16-11-19(3)17-26(24)36-28(35)21(5)34(25-10-8-7-9-20(25)4)27(33-6)22-12-14-23(15-13-22)29(30,31)32/h7-10,12-15,18-19,21,24,26H,11,16-17H2,1-6H3/b33-27+/t19-,21-,24+,26-/m1/s1. The third kappa shape index (κ3) is 6.29. The van der Waals surface area contributed by atoms with E-state index in [-0.39, 0.29) is 12.1 Å². The number of alkyl halides is 3. The third-order valence-electron chi connectivity index (χ3n) is 7.24. The number of amidine groups is 1. The summed E-state index contributed by atoms with van der Waals surface area (Å²) in [5, 5.41) is 0. The quantitative estimate of drug-likeness (QED) is 0.237. The first-order valence-electron chi connectivity index (χ1n) is 12.6. The van der Waals surface area contributed by atoms with Gasteiger partial charge in [0.15, 0.2) is 0 Å². The molecule has 1 aliphatic rings. The van der Waals surface area contributed by atoms with E-state index in [4.69, 9.17) is 4.74 Å². The van der Waals surface area contributed by atoms with Gasteiger partial charge in [-0.2, -0.15) is 13.2 Å². The topological polar surface area (TPSA) is 41.9 Å². The summed E-state index contributed by atoms with van der Waals surface area (Å²) in [4.78, 5) is 19.8. The van der Waals surface area contributed by atoms with Crippen LogP contribution >= 0.6 is 0 Å². The summed E-state index contributed by atoms with van der Waals surface area (Å²) >= 11 is 0. The van der Waals surface area contributed by atoms with E-state index in [9.17, 15) is 18.0 Å². The Kier molecular flexibility index (Phi) is 8.85. The molecule has 3 rings (SSSR count). The highest BCUT2D eigenvalue weighted by molar-refractivity contribution is 6.13. The van der Waals surface area contributed by atoms with Gasteiger partial charge in [0.05, 0.1) is 5.56 Å². The molecule has 0 N–H and O–H groups in total. The van der Waals surface area contributed by atoms with Gasteiger partial charge in [-0.3, -0.25) is 4.99 Å². The Labute approximate surface area is 212 Å². The minimum Gasteiger partial charge on any atom is -0.461 e. The number of hydrogen-bond acceptors (Lipinski definition) is 3. The van der Waals surface area contributed by atoms with Gasteiger partial charge in [0.2, 0.25) is 0 Å². The van der Waals surface area contributed by atoms with Crippen LogP contribution in [0.1, 0.15) is 63.6 Å². The number of hydrogen-bond donors (Lipinski definition) is 0. The Morgan fingerprint density at radius 2 is 1.69 bits per heavy atom. The highest BCUT2D eigenvalue weighted by atomic mass is 19.4. The minimum atomic E-state index is -4.43. The molecule has 0 saturated heterocycles. The lowest BCUT2D eigenvalue weighted by Gasteiger charge is -2.38. The number of aliphatic imine (C=N–C) groups is 1. The molecule has 0 amide bonds. The van der Waals surface area contributed by atoms with Crippen LogP contribution in [0.4, 0.5) is 18.9 Å². The summed E-state index contributed by atoms with van der Waals surface area (Å²) in [5.74, 6) is 1.23. The Morgan fingerprint density at radius 1 is 1.06 bits per heavy atom.